The Kier molecular flexibility index (Phi) is 4.86. The van der Waals surface area contributed by atoms with Gasteiger partial charge < -0.3 is 15.3 Å². The van der Waals surface area contributed by atoms with Gasteiger partial charge in [-0.3, -0.25) is 9.59 Å². The fourth-order valence-corrected chi connectivity index (χ4v) is 2.51. The summed E-state index contributed by atoms with van der Waals surface area (Å²) in [4.78, 5) is 26.3. The van der Waals surface area contributed by atoms with Gasteiger partial charge in [-0.05, 0) is 31.0 Å². The molecule has 0 aromatic heterocycles. The molecule has 0 spiro atoms. The van der Waals surface area contributed by atoms with Crippen molar-refractivity contribution in [1.82, 2.24) is 4.90 Å². The van der Waals surface area contributed by atoms with Crippen LogP contribution in [0.1, 0.15) is 44.0 Å². The number of benzene rings is 1. The standard InChI is InChI=1S/C17H24N2O3/c1-17(2,3)16(22)18-13-7-4-6-12(10-13)15(21)19-9-5-8-14(19)11-20/h4,6-7,10,14,20H,5,8-9,11H2,1-3H3,(H,18,22)/t14-/m1/s1. The number of amides is 2. The molecule has 0 unspecified atom stereocenters. The quantitative estimate of drug-likeness (QED) is 0.900. The summed E-state index contributed by atoms with van der Waals surface area (Å²) in [6, 6.07) is 6.87. The fraction of sp³-hybridized carbons (Fsp3) is 0.529. The average molecular weight is 304 g/mol. The minimum atomic E-state index is -0.489. The number of hydrogen-bond donors (Lipinski definition) is 2. The van der Waals surface area contributed by atoms with Gasteiger partial charge in [-0.2, -0.15) is 0 Å². The summed E-state index contributed by atoms with van der Waals surface area (Å²) < 4.78 is 0. The zero-order valence-electron chi connectivity index (χ0n) is 13.4. The second kappa shape index (κ2) is 6.48. The second-order valence-electron chi connectivity index (χ2n) is 6.76. The van der Waals surface area contributed by atoms with Crippen LogP contribution >= 0.6 is 0 Å². The number of carbonyl (C=O) groups excluding carboxylic acids is 2. The molecule has 2 rings (SSSR count). The van der Waals surface area contributed by atoms with Crippen LogP contribution in [0.5, 0.6) is 0 Å². The first kappa shape index (κ1) is 16.5. The summed E-state index contributed by atoms with van der Waals surface area (Å²) >= 11 is 0. The van der Waals surface area contributed by atoms with Crippen LogP contribution in [-0.4, -0.2) is 41.0 Å². The zero-order valence-corrected chi connectivity index (χ0v) is 13.4. The van der Waals surface area contributed by atoms with Crippen LogP contribution in [0.25, 0.3) is 0 Å². The molecular weight excluding hydrogens is 280 g/mol. The molecule has 5 heteroatoms. The Morgan fingerprint density at radius 2 is 2.09 bits per heavy atom. The summed E-state index contributed by atoms with van der Waals surface area (Å²) in [6.07, 6.45) is 1.75. The predicted octanol–water partition coefficient (Wildman–Crippen LogP) is 2.27. The number of rotatable bonds is 3. The van der Waals surface area contributed by atoms with E-state index in [2.05, 4.69) is 5.32 Å². The van der Waals surface area contributed by atoms with Crippen LogP contribution in [0.15, 0.2) is 24.3 Å². The Bertz CT molecular complexity index is 563. The number of aliphatic hydroxyl groups excluding tert-OH is 1. The molecule has 5 nitrogen and oxygen atoms in total. The van der Waals surface area contributed by atoms with Gasteiger partial charge in [0.2, 0.25) is 5.91 Å². The van der Waals surface area contributed by atoms with Gasteiger partial charge in [-0.15, -0.1) is 0 Å². The van der Waals surface area contributed by atoms with Crippen LogP contribution in [-0.2, 0) is 4.79 Å². The Balaban J connectivity index is 2.14. The largest absolute Gasteiger partial charge is 0.394 e. The molecule has 0 saturated carbocycles. The predicted molar refractivity (Wildman–Crippen MR) is 85.7 cm³/mol. The normalized spacial score (nSPS) is 18.4. The topological polar surface area (TPSA) is 69.6 Å². The molecule has 2 N–H and O–H groups in total. The molecule has 0 aliphatic carbocycles. The van der Waals surface area contributed by atoms with Gasteiger partial charge in [-0.1, -0.05) is 26.8 Å². The molecule has 1 heterocycles. The van der Waals surface area contributed by atoms with Gasteiger partial charge >= 0.3 is 0 Å². The Morgan fingerprint density at radius 1 is 1.36 bits per heavy atom. The molecule has 0 radical (unpaired) electrons. The highest BCUT2D eigenvalue weighted by atomic mass is 16.3. The van der Waals surface area contributed by atoms with E-state index in [1.54, 1.807) is 29.2 Å². The van der Waals surface area contributed by atoms with E-state index in [9.17, 15) is 14.7 Å². The third kappa shape index (κ3) is 3.65. The average Bonchev–Trinajstić information content (AvgIpc) is 2.94. The van der Waals surface area contributed by atoms with Gasteiger partial charge in [0, 0.05) is 23.2 Å². The molecule has 1 aliphatic rings. The zero-order chi connectivity index (χ0) is 16.3. The van der Waals surface area contributed by atoms with Crippen molar-refractivity contribution in [1.29, 1.82) is 0 Å². The summed E-state index contributed by atoms with van der Waals surface area (Å²) in [6.45, 7) is 6.18. The monoisotopic (exact) mass is 304 g/mol. The van der Waals surface area contributed by atoms with Crippen molar-refractivity contribution in [2.24, 2.45) is 5.41 Å². The molecule has 1 fully saturated rings. The second-order valence-corrected chi connectivity index (χ2v) is 6.76. The Morgan fingerprint density at radius 3 is 2.73 bits per heavy atom. The molecule has 0 bridgehead atoms. The molecule has 1 aliphatic heterocycles. The highest BCUT2D eigenvalue weighted by Crippen LogP contribution is 2.22. The first-order valence-corrected chi connectivity index (χ1v) is 7.66. The van der Waals surface area contributed by atoms with Crippen LogP contribution < -0.4 is 5.32 Å². The van der Waals surface area contributed by atoms with Crippen molar-refractivity contribution in [2.45, 2.75) is 39.7 Å². The van der Waals surface area contributed by atoms with Crippen molar-refractivity contribution in [3.63, 3.8) is 0 Å². The summed E-state index contributed by atoms with van der Waals surface area (Å²) in [7, 11) is 0. The van der Waals surface area contributed by atoms with Crippen LogP contribution in [0.4, 0.5) is 5.69 Å². The first-order chi connectivity index (χ1) is 10.3. The van der Waals surface area contributed by atoms with Crippen molar-refractivity contribution < 1.29 is 14.7 Å². The van der Waals surface area contributed by atoms with Crippen LogP contribution in [0.3, 0.4) is 0 Å². The molecule has 1 aromatic carbocycles. The van der Waals surface area contributed by atoms with E-state index in [1.165, 1.54) is 0 Å². The molecule has 1 atom stereocenters. The lowest BCUT2D eigenvalue weighted by Gasteiger charge is -2.23. The molecule has 1 saturated heterocycles. The van der Waals surface area contributed by atoms with Gasteiger partial charge in [0.1, 0.15) is 0 Å². The highest BCUT2D eigenvalue weighted by molar-refractivity contribution is 5.98. The lowest BCUT2D eigenvalue weighted by Crippen LogP contribution is -2.37. The molecule has 1 aromatic rings. The lowest BCUT2D eigenvalue weighted by molar-refractivity contribution is -0.123. The van der Waals surface area contributed by atoms with E-state index in [0.717, 1.165) is 12.8 Å². The maximum atomic E-state index is 12.6. The molecule has 22 heavy (non-hydrogen) atoms. The Labute approximate surface area is 131 Å². The summed E-state index contributed by atoms with van der Waals surface area (Å²) in [5.41, 5.74) is 0.661. The minimum absolute atomic E-state index is 0.00775. The molecule has 2 amide bonds. The third-order valence-electron chi connectivity index (χ3n) is 3.90. The van der Waals surface area contributed by atoms with E-state index in [4.69, 9.17) is 0 Å². The minimum Gasteiger partial charge on any atom is -0.394 e. The van der Waals surface area contributed by atoms with Gasteiger partial charge in [-0.25, -0.2) is 0 Å². The van der Waals surface area contributed by atoms with E-state index >= 15 is 0 Å². The van der Waals surface area contributed by atoms with Crippen molar-refractivity contribution in [3.05, 3.63) is 29.8 Å². The van der Waals surface area contributed by atoms with E-state index in [0.29, 0.717) is 17.8 Å². The highest BCUT2D eigenvalue weighted by Gasteiger charge is 2.29. The lowest BCUT2D eigenvalue weighted by atomic mass is 9.95. The van der Waals surface area contributed by atoms with Gasteiger partial charge in [0.25, 0.3) is 5.91 Å². The maximum Gasteiger partial charge on any atom is 0.254 e. The SMILES string of the molecule is CC(C)(C)C(=O)Nc1cccc(C(=O)N2CCC[C@@H]2CO)c1. The number of likely N-dealkylation sites (tertiary alicyclic amines) is 1. The first-order valence-electron chi connectivity index (χ1n) is 7.66. The van der Waals surface area contributed by atoms with Crippen molar-refractivity contribution in [2.75, 3.05) is 18.5 Å². The van der Waals surface area contributed by atoms with Crippen molar-refractivity contribution in [3.8, 4) is 0 Å². The summed E-state index contributed by atoms with van der Waals surface area (Å²) in [5.74, 6) is -0.185. The molecular formula is C17H24N2O3. The van der Waals surface area contributed by atoms with E-state index < -0.39 is 5.41 Å². The summed E-state index contributed by atoms with van der Waals surface area (Å²) in [5, 5.41) is 12.2. The number of nitrogens with zero attached hydrogens (tertiary/aromatic N) is 1. The van der Waals surface area contributed by atoms with E-state index in [-0.39, 0.29) is 24.5 Å². The smallest absolute Gasteiger partial charge is 0.254 e. The van der Waals surface area contributed by atoms with E-state index in [1.807, 2.05) is 20.8 Å². The van der Waals surface area contributed by atoms with Gasteiger partial charge in [0.15, 0.2) is 0 Å². The number of aliphatic hydroxyl groups is 1. The molecule has 120 valence electrons. The number of hydrogen-bond acceptors (Lipinski definition) is 3. The fourth-order valence-electron chi connectivity index (χ4n) is 2.51. The maximum absolute atomic E-state index is 12.6. The number of anilines is 1. The van der Waals surface area contributed by atoms with Gasteiger partial charge in [0.05, 0.1) is 12.6 Å². The van der Waals surface area contributed by atoms with Crippen LogP contribution in [0, 0.1) is 5.41 Å². The number of carbonyl (C=O) groups is 2. The van der Waals surface area contributed by atoms with Crippen molar-refractivity contribution >= 4 is 17.5 Å². The Hall–Kier alpha value is -1.88. The number of nitrogens with one attached hydrogen (secondary N) is 1. The van der Waals surface area contributed by atoms with Crippen LogP contribution in [0.2, 0.25) is 0 Å². The third-order valence-corrected chi connectivity index (χ3v) is 3.90.